The number of ketones is 1. The van der Waals surface area contributed by atoms with E-state index in [4.69, 9.17) is 4.74 Å². The molecule has 0 amide bonds. The normalized spacial score (nSPS) is 10.2. The van der Waals surface area contributed by atoms with Gasteiger partial charge in [-0.25, -0.2) is 0 Å². The van der Waals surface area contributed by atoms with Crippen LogP contribution in [0.5, 0.6) is 10.8 Å². The van der Waals surface area contributed by atoms with E-state index in [0.29, 0.717) is 15.1 Å². The van der Waals surface area contributed by atoms with Crippen molar-refractivity contribution in [1.82, 2.24) is 0 Å². The number of ether oxygens (including phenoxy) is 1. The maximum Gasteiger partial charge on any atom is 0.323 e. The smallest absolute Gasteiger partial charge is 0.323 e. The van der Waals surface area contributed by atoms with Crippen molar-refractivity contribution in [3.8, 4) is 10.8 Å². The Morgan fingerprint density at radius 2 is 2.11 bits per heavy atom. The minimum absolute atomic E-state index is 0.0992. The highest BCUT2D eigenvalue weighted by atomic mass is 79.9. The van der Waals surface area contributed by atoms with Gasteiger partial charge in [-0.2, -0.15) is 0 Å². The Bertz CT molecular complexity index is 653. The molecule has 0 radical (unpaired) electrons. The molecule has 0 saturated carbocycles. The van der Waals surface area contributed by atoms with E-state index in [-0.39, 0.29) is 16.5 Å². The zero-order chi connectivity index (χ0) is 14.0. The minimum atomic E-state index is -0.560. The van der Waals surface area contributed by atoms with Gasteiger partial charge < -0.3 is 4.74 Å². The predicted molar refractivity (Wildman–Crippen MR) is 75.2 cm³/mol. The third-order valence-electron chi connectivity index (χ3n) is 2.26. The van der Waals surface area contributed by atoms with Crippen molar-refractivity contribution in [2.45, 2.75) is 6.92 Å². The molecule has 0 bridgehead atoms. The molecule has 98 valence electrons. The molecule has 1 heterocycles. The third-order valence-corrected chi connectivity index (χ3v) is 4.02. The van der Waals surface area contributed by atoms with E-state index in [0.717, 1.165) is 11.3 Å². The number of Topliss-reactive ketones (excluding diaryl/α,β-unsaturated/α-hetero) is 1. The number of hydrogen-bond acceptors (Lipinski definition) is 5. The quantitative estimate of drug-likeness (QED) is 0.469. The molecule has 0 saturated heterocycles. The van der Waals surface area contributed by atoms with Crippen LogP contribution in [0.1, 0.15) is 16.6 Å². The summed E-state index contributed by atoms with van der Waals surface area (Å²) < 4.78 is 6.19. The SMILES string of the molecule is CC(=O)c1cc([N+](=O)[O-])c(Oc2ccccc2Br)s1. The van der Waals surface area contributed by atoms with Crippen LogP contribution in [-0.4, -0.2) is 10.7 Å². The van der Waals surface area contributed by atoms with Gasteiger partial charge in [0.1, 0.15) is 5.75 Å². The predicted octanol–water partition coefficient (Wildman–Crippen LogP) is 4.41. The number of rotatable bonds is 4. The second-order valence-electron chi connectivity index (χ2n) is 3.63. The fraction of sp³-hybridized carbons (Fsp3) is 0.0833. The van der Waals surface area contributed by atoms with Crippen LogP contribution in [0.3, 0.4) is 0 Å². The second kappa shape index (κ2) is 5.50. The maximum absolute atomic E-state index is 11.3. The summed E-state index contributed by atoms with van der Waals surface area (Å²) in [4.78, 5) is 22.0. The maximum atomic E-state index is 11.3. The summed E-state index contributed by atoms with van der Waals surface area (Å²) in [5.74, 6) is 0.234. The molecule has 0 aliphatic carbocycles. The lowest BCUT2D eigenvalue weighted by molar-refractivity contribution is -0.385. The lowest BCUT2D eigenvalue weighted by Crippen LogP contribution is -1.90. The largest absolute Gasteiger partial charge is 0.439 e. The monoisotopic (exact) mass is 341 g/mol. The van der Waals surface area contributed by atoms with Crippen LogP contribution in [0.2, 0.25) is 0 Å². The molecule has 19 heavy (non-hydrogen) atoms. The first-order valence-corrected chi connectivity index (χ1v) is 6.81. The number of para-hydroxylation sites is 1. The molecule has 0 aliphatic heterocycles. The molecular formula is C12H8BrNO4S. The Morgan fingerprint density at radius 3 is 2.68 bits per heavy atom. The van der Waals surface area contributed by atoms with Crippen molar-refractivity contribution in [1.29, 1.82) is 0 Å². The van der Waals surface area contributed by atoms with Gasteiger partial charge in [0.15, 0.2) is 5.78 Å². The zero-order valence-corrected chi connectivity index (χ0v) is 12.2. The van der Waals surface area contributed by atoms with Crippen LogP contribution in [-0.2, 0) is 0 Å². The lowest BCUT2D eigenvalue weighted by Gasteiger charge is -2.04. The fourth-order valence-electron chi connectivity index (χ4n) is 1.37. The van der Waals surface area contributed by atoms with Crippen molar-refractivity contribution >= 4 is 38.7 Å². The summed E-state index contributed by atoms with van der Waals surface area (Å²) in [5.41, 5.74) is -0.203. The van der Waals surface area contributed by atoms with Crippen LogP contribution in [0.4, 0.5) is 5.69 Å². The van der Waals surface area contributed by atoms with Crippen LogP contribution < -0.4 is 4.74 Å². The van der Waals surface area contributed by atoms with Crippen molar-refractivity contribution < 1.29 is 14.5 Å². The molecule has 7 heteroatoms. The topological polar surface area (TPSA) is 69.4 Å². The summed E-state index contributed by atoms with van der Waals surface area (Å²) in [6, 6.07) is 8.24. The Balaban J connectivity index is 2.42. The first kappa shape index (κ1) is 13.7. The van der Waals surface area contributed by atoms with Gasteiger partial charge >= 0.3 is 5.69 Å². The summed E-state index contributed by atoms with van der Waals surface area (Å²) in [6.45, 7) is 1.36. The Labute approximate surface area is 121 Å². The van der Waals surface area contributed by atoms with Crippen LogP contribution in [0, 0.1) is 10.1 Å². The van der Waals surface area contributed by atoms with Crippen molar-refractivity contribution in [2.24, 2.45) is 0 Å². The molecule has 0 atom stereocenters. The molecule has 0 fully saturated rings. The van der Waals surface area contributed by atoms with E-state index in [1.165, 1.54) is 13.0 Å². The number of hydrogen-bond donors (Lipinski definition) is 0. The number of nitrogens with zero attached hydrogens (tertiary/aromatic N) is 1. The van der Waals surface area contributed by atoms with Gasteiger partial charge in [0.05, 0.1) is 14.3 Å². The molecule has 0 N–H and O–H groups in total. The molecule has 5 nitrogen and oxygen atoms in total. The van der Waals surface area contributed by atoms with Crippen molar-refractivity contribution in [2.75, 3.05) is 0 Å². The van der Waals surface area contributed by atoms with Crippen LogP contribution in [0.25, 0.3) is 0 Å². The molecule has 2 rings (SSSR count). The first-order valence-electron chi connectivity index (χ1n) is 5.20. The number of carbonyl (C=O) groups is 1. The average molecular weight is 342 g/mol. The van der Waals surface area contributed by atoms with Gasteiger partial charge in [0, 0.05) is 6.07 Å². The van der Waals surface area contributed by atoms with Crippen LogP contribution >= 0.6 is 27.3 Å². The second-order valence-corrected chi connectivity index (χ2v) is 5.50. The average Bonchev–Trinajstić information content (AvgIpc) is 2.76. The van der Waals surface area contributed by atoms with E-state index >= 15 is 0 Å². The number of benzene rings is 1. The highest BCUT2D eigenvalue weighted by Gasteiger charge is 2.23. The highest BCUT2D eigenvalue weighted by Crippen LogP contribution is 2.41. The Kier molecular flexibility index (Phi) is 3.96. The summed E-state index contributed by atoms with van der Waals surface area (Å²) in [5, 5.41) is 11.0. The number of nitro groups is 1. The van der Waals surface area contributed by atoms with E-state index in [1.807, 2.05) is 0 Å². The van der Waals surface area contributed by atoms with Gasteiger partial charge in [-0.1, -0.05) is 23.5 Å². The summed E-state index contributed by atoms with van der Waals surface area (Å²) in [6.07, 6.45) is 0. The first-order chi connectivity index (χ1) is 8.99. The fourth-order valence-corrected chi connectivity index (χ4v) is 2.62. The van der Waals surface area contributed by atoms with Crippen LogP contribution in [0.15, 0.2) is 34.8 Å². The lowest BCUT2D eigenvalue weighted by atomic mass is 10.3. The number of carbonyl (C=O) groups excluding carboxylic acids is 1. The molecule has 0 spiro atoms. The van der Waals surface area contributed by atoms with E-state index < -0.39 is 4.92 Å². The minimum Gasteiger partial charge on any atom is -0.439 e. The zero-order valence-electron chi connectivity index (χ0n) is 9.75. The van der Waals surface area contributed by atoms with Gasteiger partial charge in [0.25, 0.3) is 5.06 Å². The molecule has 2 aromatic rings. The summed E-state index contributed by atoms with van der Waals surface area (Å²) >= 11 is 4.26. The van der Waals surface area contributed by atoms with E-state index in [2.05, 4.69) is 15.9 Å². The Morgan fingerprint density at radius 1 is 1.42 bits per heavy atom. The molecule has 0 aliphatic rings. The van der Waals surface area contributed by atoms with E-state index in [1.54, 1.807) is 24.3 Å². The van der Waals surface area contributed by atoms with Gasteiger partial charge in [0.2, 0.25) is 0 Å². The molecule has 0 unspecified atom stereocenters. The van der Waals surface area contributed by atoms with Gasteiger partial charge in [-0.15, -0.1) is 0 Å². The van der Waals surface area contributed by atoms with Gasteiger partial charge in [-0.3, -0.25) is 14.9 Å². The van der Waals surface area contributed by atoms with Crippen molar-refractivity contribution in [3.63, 3.8) is 0 Å². The van der Waals surface area contributed by atoms with Crippen molar-refractivity contribution in [3.05, 3.63) is 49.8 Å². The standard InChI is InChI=1S/C12H8BrNO4S/c1-7(15)11-6-9(14(16)17)12(19-11)18-10-5-3-2-4-8(10)13/h2-6H,1H3. The molecule has 1 aromatic heterocycles. The number of thiophene rings is 1. The highest BCUT2D eigenvalue weighted by molar-refractivity contribution is 9.10. The molecular weight excluding hydrogens is 334 g/mol. The third kappa shape index (κ3) is 2.99. The number of halogens is 1. The van der Waals surface area contributed by atoms with E-state index in [9.17, 15) is 14.9 Å². The summed E-state index contributed by atoms with van der Waals surface area (Å²) in [7, 11) is 0. The molecule has 1 aromatic carbocycles. The Hall–Kier alpha value is -1.73. The van der Waals surface area contributed by atoms with Gasteiger partial charge in [-0.05, 0) is 35.0 Å².